The van der Waals surface area contributed by atoms with E-state index in [9.17, 15) is 5.11 Å². The molecule has 0 aliphatic heterocycles. The van der Waals surface area contributed by atoms with Crippen LogP contribution in [0.1, 0.15) is 24.4 Å². The highest BCUT2D eigenvalue weighted by molar-refractivity contribution is 5.06. The Morgan fingerprint density at radius 2 is 2.13 bits per heavy atom. The van der Waals surface area contributed by atoms with Crippen LogP contribution in [-0.4, -0.2) is 22.9 Å². The van der Waals surface area contributed by atoms with Crippen molar-refractivity contribution in [2.45, 2.75) is 32.1 Å². The van der Waals surface area contributed by atoms with Gasteiger partial charge < -0.3 is 19.9 Å². The minimum Gasteiger partial charge on any atom is -0.462 e. The molecule has 1 saturated carbocycles. The van der Waals surface area contributed by atoms with Crippen LogP contribution in [0.2, 0.25) is 0 Å². The van der Waals surface area contributed by atoms with Crippen molar-refractivity contribution in [3.8, 4) is 0 Å². The van der Waals surface area contributed by atoms with Crippen LogP contribution >= 0.6 is 0 Å². The van der Waals surface area contributed by atoms with E-state index >= 15 is 0 Å². The highest BCUT2D eigenvalue weighted by atomic mass is 16.4. The molecule has 84 valence electrons. The zero-order valence-corrected chi connectivity index (χ0v) is 8.65. The molecule has 1 unspecified atom stereocenters. The molecule has 0 saturated heterocycles. The third-order valence-corrected chi connectivity index (χ3v) is 2.69. The normalized spacial score (nSPS) is 18.0. The van der Waals surface area contributed by atoms with Crippen LogP contribution in [0, 0.1) is 5.92 Å². The summed E-state index contributed by atoms with van der Waals surface area (Å²) in [6.45, 7) is 1.15. The molecule has 1 fully saturated rings. The highest BCUT2D eigenvalue weighted by Crippen LogP contribution is 2.32. The van der Waals surface area contributed by atoms with E-state index in [0.717, 1.165) is 18.6 Å². The smallest absolute Gasteiger partial charge is 0.129 e. The SMILES string of the molecule is OCc1ccc(CNCC(O)C2CC2)o1. The first-order valence-electron chi connectivity index (χ1n) is 5.37. The summed E-state index contributed by atoms with van der Waals surface area (Å²) in [4.78, 5) is 0. The van der Waals surface area contributed by atoms with E-state index in [-0.39, 0.29) is 12.7 Å². The highest BCUT2D eigenvalue weighted by Gasteiger charge is 2.29. The molecule has 0 amide bonds. The van der Waals surface area contributed by atoms with Gasteiger partial charge in [0.25, 0.3) is 0 Å². The minimum absolute atomic E-state index is 0.0648. The van der Waals surface area contributed by atoms with Crippen LogP contribution in [-0.2, 0) is 13.2 Å². The van der Waals surface area contributed by atoms with Gasteiger partial charge in [0.1, 0.15) is 18.1 Å². The summed E-state index contributed by atoms with van der Waals surface area (Å²) in [5.74, 6) is 1.87. The predicted molar refractivity (Wildman–Crippen MR) is 55.1 cm³/mol. The lowest BCUT2D eigenvalue weighted by Crippen LogP contribution is -2.27. The monoisotopic (exact) mass is 211 g/mol. The molecule has 1 aromatic heterocycles. The molecule has 0 aromatic carbocycles. The van der Waals surface area contributed by atoms with Gasteiger partial charge in [-0.15, -0.1) is 0 Å². The second-order valence-electron chi connectivity index (χ2n) is 4.06. The van der Waals surface area contributed by atoms with Crippen molar-refractivity contribution in [2.24, 2.45) is 5.92 Å². The van der Waals surface area contributed by atoms with E-state index in [1.165, 1.54) is 0 Å². The standard InChI is InChI=1S/C11H17NO3/c13-7-10-4-3-9(15-10)5-12-6-11(14)8-1-2-8/h3-4,8,11-14H,1-2,5-7H2. The maximum absolute atomic E-state index is 9.59. The fourth-order valence-corrected chi connectivity index (χ4v) is 1.59. The van der Waals surface area contributed by atoms with Crippen molar-refractivity contribution in [2.75, 3.05) is 6.54 Å². The van der Waals surface area contributed by atoms with Gasteiger partial charge in [-0.05, 0) is 30.9 Å². The molecule has 1 atom stereocenters. The Morgan fingerprint density at radius 3 is 2.73 bits per heavy atom. The molecular weight excluding hydrogens is 194 g/mol. The molecule has 0 bridgehead atoms. The fraction of sp³-hybridized carbons (Fsp3) is 0.636. The van der Waals surface area contributed by atoms with Crippen LogP contribution in [0.25, 0.3) is 0 Å². The minimum atomic E-state index is -0.225. The van der Waals surface area contributed by atoms with Crippen LogP contribution in [0.4, 0.5) is 0 Å². The van der Waals surface area contributed by atoms with E-state index in [0.29, 0.717) is 24.8 Å². The lowest BCUT2D eigenvalue weighted by molar-refractivity contribution is 0.147. The summed E-state index contributed by atoms with van der Waals surface area (Å²) in [5.41, 5.74) is 0. The van der Waals surface area contributed by atoms with E-state index < -0.39 is 0 Å². The van der Waals surface area contributed by atoms with Gasteiger partial charge in [-0.1, -0.05) is 0 Å². The summed E-state index contributed by atoms with van der Waals surface area (Å²) in [7, 11) is 0. The van der Waals surface area contributed by atoms with Crippen molar-refractivity contribution < 1.29 is 14.6 Å². The quantitative estimate of drug-likeness (QED) is 0.646. The Bertz CT molecular complexity index is 307. The zero-order chi connectivity index (χ0) is 10.7. The Balaban J connectivity index is 1.68. The van der Waals surface area contributed by atoms with E-state index in [1.54, 1.807) is 6.07 Å². The van der Waals surface area contributed by atoms with Crippen LogP contribution in [0.3, 0.4) is 0 Å². The number of hydrogen-bond donors (Lipinski definition) is 3. The van der Waals surface area contributed by atoms with Crippen molar-refractivity contribution in [3.63, 3.8) is 0 Å². The molecule has 1 aromatic rings. The number of rotatable bonds is 6. The topological polar surface area (TPSA) is 65.6 Å². The van der Waals surface area contributed by atoms with E-state index in [1.807, 2.05) is 6.07 Å². The van der Waals surface area contributed by atoms with Gasteiger partial charge in [-0.2, -0.15) is 0 Å². The maximum atomic E-state index is 9.59. The molecule has 0 radical (unpaired) electrons. The Labute approximate surface area is 88.9 Å². The van der Waals surface area contributed by atoms with Gasteiger partial charge in [-0.25, -0.2) is 0 Å². The van der Waals surface area contributed by atoms with E-state index in [2.05, 4.69) is 5.32 Å². The summed E-state index contributed by atoms with van der Waals surface area (Å²) < 4.78 is 5.30. The van der Waals surface area contributed by atoms with Crippen molar-refractivity contribution >= 4 is 0 Å². The molecule has 15 heavy (non-hydrogen) atoms. The fourth-order valence-electron chi connectivity index (χ4n) is 1.59. The van der Waals surface area contributed by atoms with Crippen LogP contribution in [0.15, 0.2) is 16.5 Å². The van der Waals surface area contributed by atoms with Crippen LogP contribution in [0.5, 0.6) is 0 Å². The molecule has 0 spiro atoms. The first-order chi connectivity index (χ1) is 7.29. The number of aliphatic hydroxyl groups is 2. The Kier molecular flexibility index (Phi) is 3.41. The Morgan fingerprint density at radius 1 is 1.40 bits per heavy atom. The van der Waals surface area contributed by atoms with Crippen molar-refractivity contribution in [1.29, 1.82) is 0 Å². The van der Waals surface area contributed by atoms with E-state index in [4.69, 9.17) is 9.52 Å². The zero-order valence-electron chi connectivity index (χ0n) is 8.65. The van der Waals surface area contributed by atoms with Gasteiger partial charge >= 0.3 is 0 Å². The molecule has 1 aliphatic rings. The third-order valence-electron chi connectivity index (χ3n) is 2.69. The van der Waals surface area contributed by atoms with Crippen molar-refractivity contribution in [3.05, 3.63) is 23.7 Å². The molecule has 1 aliphatic carbocycles. The first-order valence-corrected chi connectivity index (χ1v) is 5.37. The van der Waals surface area contributed by atoms with Crippen molar-refractivity contribution in [1.82, 2.24) is 5.32 Å². The number of hydrogen-bond acceptors (Lipinski definition) is 4. The lowest BCUT2D eigenvalue weighted by atomic mass is 10.2. The molecule has 3 N–H and O–H groups in total. The van der Waals surface area contributed by atoms with Gasteiger partial charge in [0.2, 0.25) is 0 Å². The maximum Gasteiger partial charge on any atom is 0.129 e. The number of aliphatic hydroxyl groups excluding tert-OH is 2. The number of furan rings is 1. The predicted octanol–water partition coefficient (Wildman–Crippen LogP) is 0.632. The average molecular weight is 211 g/mol. The second kappa shape index (κ2) is 4.79. The molecule has 2 rings (SSSR count). The average Bonchev–Trinajstić information content (AvgIpc) is 2.99. The van der Waals surface area contributed by atoms with Gasteiger partial charge in [0.15, 0.2) is 0 Å². The molecule has 1 heterocycles. The molecule has 4 heteroatoms. The number of nitrogens with one attached hydrogen (secondary N) is 1. The molecule has 4 nitrogen and oxygen atoms in total. The van der Waals surface area contributed by atoms with Gasteiger partial charge in [0, 0.05) is 6.54 Å². The van der Waals surface area contributed by atoms with Gasteiger partial charge in [-0.3, -0.25) is 0 Å². The Hall–Kier alpha value is -0.840. The second-order valence-corrected chi connectivity index (χ2v) is 4.06. The lowest BCUT2D eigenvalue weighted by Gasteiger charge is -2.09. The van der Waals surface area contributed by atoms with Crippen LogP contribution < -0.4 is 5.32 Å². The first kappa shape index (κ1) is 10.7. The summed E-state index contributed by atoms with van der Waals surface area (Å²) >= 11 is 0. The third kappa shape index (κ3) is 3.06. The largest absolute Gasteiger partial charge is 0.462 e. The summed E-state index contributed by atoms with van der Waals surface area (Å²) in [6.07, 6.45) is 2.08. The summed E-state index contributed by atoms with van der Waals surface area (Å²) in [5, 5.41) is 21.5. The summed E-state index contributed by atoms with van der Waals surface area (Å²) in [6, 6.07) is 3.59. The van der Waals surface area contributed by atoms with Gasteiger partial charge in [0.05, 0.1) is 12.6 Å². The molecular formula is C11H17NO3.